The minimum Gasteiger partial charge on any atom is -0.439 e. The van der Waals surface area contributed by atoms with Crippen LogP contribution in [0.2, 0.25) is 5.15 Å². The number of oxazole rings is 1. The molecule has 0 fully saturated rings. The Kier molecular flexibility index (Phi) is 3.42. The summed E-state index contributed by atoms with van der Waals surface area (Å²) in [6.07, 6.45) is 2.88. The number of aromatic nitrogens is 3. The van der Waals surface area contributed by atoms with Crippen molar-refractivity contribution in [2.75, 3.05) is 0 Å². The second-order valence-corrected chi connectivity index (χ2v) is 4.26. The highest BCUT2D eigenvalue weighted by molar-refractivity contribution is 7.99. The van der Waals surface area contributed by atoms with E-state index in [0.29, 0.717) is 15.8 Å². The molecule has 1 N–H and O–H groups in total. The van der Waals surface area contributed by atoms with Gasteiger partial charge in [-0.3, -0.25) is 0 Å². The maximum atomic E-state index is 9.15. The highest BCUT2D eigenvalue weighted by atomic mass is 35.5. The second-order valence-electron chi connectivity index (χ2n) is 2.96. The molecule has 0 amide bonds. The van der Waals surface area contributed by atoms with E-state index in [1.165, 1.54) is 18.1 Å². The summed E-state index contributed by atoms with van der Waals surface area (Å²) < 4.78 is 5.17. The van der Waals surface area contributed by atoms with Gasteiger partial charge in [-0.15, -0.1) is 0 Å². The Bertz CT molecular complexity index is 503. The van der Waals surface area contributed by atoms with Crippen molar-refractivity contribution >= 4 is 23.4 Å². The quantitative estimate of drug-likeness (QED) is 0.849. The van der Waals surface area contributed by atoms with Crippen molar-refractivity contribution in [3.05, 3.63) is 29.0 Å². The average molecular weight is 258 g/mol. The highest BCUT2D eigenvalue weighted by Gasteiger charge is 2.12. The molecule has 0 aliphatic heterocycles. The zero-order valence-electron chi connectivity index (χ0n) is 8.35. The van der Waals surface area contributed by atoms with Gasteiger partial charge in [0, 0.05) is 5.56 Å². The third-order valence-corrected chi connectivity index (χ3v) is 3.03. The molecule has 0 saturated carbocycles. The van der Waals surface area contributed by atoms with Gasteiger partial charge in [-0.2, -0.15) is 0 Å². The first-order chi connectivity index (χ1) is 7.70. The van der Waals surface area contributed by atoms with Crippen molar-refractivity contribution in [1.29, 1.82) is 0 Å². The molecule has 0 unspecified atom stereocenters. The molecule has 2 heterocycles. The number of aryl methyl sites for hydroxylation is 1. The Morgan fingerprint density at radius 1 is 1.50 bits per heavy atom. The van der Waals surface area contributed by atoms with E-state index < -0.39 is 0 Å². The predicted octanol–water partition coefficient (Wildman–Crippen LogP) is 2.07. The molecule has 0 radical (unpaired) electrons. The van der Waals surface area contributed by atoms with Gasteiger partial charge in [-0.25, -0.2) is 15.0 Å². The summed E-state index contributed by atoms with van der Waals surface area (Å²) in [7, 11) is 0. The van der Waals surface area contributed by atoms with Crippen molar-refractivity contribution < 1.29 is 9.52 Å². The molecule has 0 atom stereocenters. The van der Waals surface area contributed by atoms with Crippen molar-refractivity contribution in [3.8, 4) is 0 Å². The van der Waals surface area contributed by atoms with E-state index >= 15 is 0 Å². The van der Waals surface area contributed by atoms with Gasteiger partial charge in [-0.05, 0) is 18.7 Å². The fourth-order valence-corrected chi connectivity index (χ4v) is 2.14. The van der Waals surface area contributed by atoms with Gasteiger partial charge >= 0.3 is 0 Å². The van der Waals surface area contributed by atoms with Gasteiger partial charge in [0.05, 0.1) is 12.3 Å². The lowest BCUT2D eigenvalue weighted by molar-refractivity contribution is 0.277. The van der Waals surface area contributed by atoms with E-state index in [-0.39, 0.29) is 11.8 Å². The van der Waals surface area contributed by atoms with Crippen LogP contribution >= 0.6 is 23.4 Å². The van der Waals surface area contributed by atoms with E-state index in [1.807, 2.05) is 6.92 Å². The standard InChI is InChI=1S/C9H8ClN3O2S/c1-5-3-15-9(13-5)16-8-6(2-14)7(10)11-4-12-8/h3-4,14H,2H2,1H3. The number of rotatable bonds is 3. The molecular weight excluding hydrogens is 250 g/mol. The molecule has 0 spiro atoms. The van der Waals surface area contributed by atoms with E-state index in [1.54, 1.807) is 6.26 Å². The molecule has 84 valence electrons. The van der Waals surface area contributed by atoms with E-state index in [0.717, 1.165) is 5.69 Å². The molecule has 0 saturated heterocycles. The first-order valence-corrected chi connectivity index (χ1v) is 5.60. The molecule has 2 aromatic heterocycles. The number of aliphatic hydroxyl groups excluding tert-OH is 1. The van der Waals surface area contributed by atoms with Crippen LogP contribution in [-0.4, -0.2) is 20.1 Å². The third-order valence-electron chi connectivity index (χ3n) is 1.79. The van der Waals surface area contributed by atoms with Crippen LogP contribution in [0.1, 0.15) is 11.3 Å². The topological polar surface area (TPSA) is 72.0 Å². The largest absolute Gasteiger partial charge is 0.439 e. The van der Waals surface area contributed by atoms with E-state index in [9.17, 15) is 0 Å². The lowest BCUT2D eigenvalue weighted by Crippen LogP contribution is -1.95. The van der Waals surface area contributed by atoms with Crippen molar-refractivity contribution in [2.24, 2.45) is 0 Å². The van der Waals surface area contributed by atoms with Gasteiger partial charge in [0.25, 0.3) is 5.22 Å². The molecule has 0 aliphatic carbocycles. The summed E-state index contributed by atoms with van der Waals surface area (Å²) in [5, 5.41) is 10.4. The number of nitrogens with zero attached hydrogens (tertiary/aromatic N) is 3. The van der Waals surface area contributed by atoms with Gasteiger partial charge in [0.1, 0.15) is 22.8 Å². The maximum Gasteiger partial charge on any atom is 0.262 e. The summed E-state index contributed by atoms with van der Waals surface area (Å²) >= 11 is 7.03. The Morgan fingerprint density at radius 3 is 2.94 bits per heavy atom. The van der Waals surface area contributed by atoms with Crippen LogP contribution in [0.3, 0.4) is 0 Å². The van der Waals surface area contributed by atoms with Gasteiger partial charge in [-0.1, -0.05) is 11.6 Å². The first-order valence-electron chi connectivity index (χ1n) is 4.41. The van der Waals surface area contributed by atoms with Gasteiger partial charge in [0.15, 0.2) is 0 Å². The predicted molar refractivity (Wildman–Crippen MR) is 58.3 cm³/mol. The summed E-state index contributed by atoms with van der Waals surface area (Å²) in [6.45, 7) is 1.61. The Labute approximate surface area is 101 Å². The first kappa shape index (κ1) is 11.4. The summed E-state index contributed by atoms with van der Waals surface area (Å²) in [5.74, 6) is 0. The lowest BCUT2D eigenvalue weighted by Gasteiger charge is -2.03. The van der Waals surface area contributed by atoms with E-state index in [4.69, 9.17) is 21.1 Å². The Hall–Kier alpha value is -1.11. The molecule has 16 heavy (non-hydrogen) atoms. The van der Waals surface area contributed by atoms with Crippen LogP contribution in [-0.2, 0) is 6.61 Å². The van der Waals surface area contributed by atoms with Crippen LogP contribution in [0.5, 0.6) is 0 Å². The highest BCUT2D eigenvalue weighted by Crippen LogP contribution is 2.30. The molecule has 0 aliphatic rings. The number of halogens is 1. The fraction of sp³-hybridized carbons (Fsp3) is 0.222. The van der Waals surface area contributed by atoms with Crippen LogP contribution in [0.25, 0.3) is 0 Å². The normalized spacial score (nSPS) is 10.7. The monoisotopic (exact) mass is 257 g/mol. The minimum absolute atomic E-state index is 0.221. The van der Waals surface area contributed by atoms with Crippen LogP contribution in [0.15, 0.2) is 27.3 Å². The molecule has 2 rings (SSSR count). The van der Waals surface area contributed by atoms with Crippen molar-refractivity contribution in [1.82, 2.24) is 15.0 Å². The maximum absolute atomic E-state index is 9.15. The van der Waals surface area contributed by atoms with Gasteiger partial charge < -0.3 is 9.52 Å². The Morgan fingerprint density at radius 2 is 2.31 bits per heavy atom. The molecule has 7 heteroatoms. The SMILES string of the molecule is Cc1coc(Sc2ncnc(Cl)c2CO)n1. The zero-order chi connectivity index (χ0) is 11.5. The second kappa shape index (κ2) is 4.82. The van der Waals surface area contributed by atoms with Crippen LogP contribution < -0.4 is 0 Å². The molecule has 0 bridgehead atoms. The van der Waals surface area contributed by atoms with Crippen molar-refractivity contribution in [2.45, 2.75) is 23.8 Å². The Balaban J connectivity index is 2.30. The van der Waals surface area contributed by atoms with Crippen LogP contribution in [0, 0.1) is 6.92 Å². The lowest BCUT2D eigenvalue weighted by atomic mass is 10.4. The summed E-state index contributed by atoms with van der Waals surface area (Å²) in [4.78, 5) is 11.9. The average Bonchev–Trinajstić information content (AvgIpc) is 2.64. The molecule has 5 nitrogen and oxygen atoms in total. The number of hydrogen-bond donors (Lipinski definition) is 1. The summed E-state index contributed by atoms with van der Waals surface area (Å²) in [5.41, 5.74) is 1.26. The third kappa shape index (κ3) is 2.34. The van der Waals surface area contributed by atoms with Gasteiger partial charge in [0.2, 0.25) is 0 Å². The fourth-order valence-electron chi connectivity index (χ4n) is 1.06. The smallest absolute Gasteiger partial charge is 0.262 e. The summed E-state index contributed by atoms with van der Waals surface area (Å²) in [6, 6.07) is 0. The zero-order valence-corrected chi connectivity index (χ0v) is 9.92. The van der Waals surface area contributed by atoms with Crippen molar-refractivity contribution in [3.63, 3.8) is 0 Å². The molecular formula is C9H8ClN3O2S. The number of aliphatic hydroxyl groups is 1. The molecule has 2 aromatic rings. The van der Waals surface area contributed by atoms with Crippen LogP contribution in [0.4, 0.5) is 0 Å². The number of hydrogen-bond acceptors (Lipinski definition) is 6. The molecule has 0 aromatic carbocycles. The van der Waals surface area contributed by atoms with E-state index in [2.05, 4.69) is 15.0 Å². The minimum atomic E-state index is -0.221.